The zero-order valence-corrected chi connectivity index (χ0v) is 20.8. The minimum atomic E-state index is -0.521. The molecule has 2 aromatic carbocycles. The third-order valence-electron chi connectivity index (χ3n) is 5.81. The molecule has 0 spiro atoms. The molecule has 1 amide bonds. The minimum absolute atomic E-state index is 0.0745. The van der Waals surface area contributed by atoms with Gasteiger partial charge in [-0.15, -0.1) is 0 Å². The van der Waals surface area contributed by atoms with Crippen LogP contribution in [0.25, 0.3) is 10.9 Å². The summed E-state index contributed by atoms with van der Waals surface area (Å²) in [5.74, 6) is 0.771. The molecule has 0 radical (unpaired) electrons. The third kappa shape index (κ3) is 6.30. The fourth-order valence-electron chi connectivity index (χ4n) is 3.85. The molecule has 1 aromatic heterocycles. The Hall–Kier alpha value is -3.59. The first-order valence-electron chi connectivity index (χ1n) is 12.1. The van der Waals surface area contributed by atoms with Crippen LogP contribution in [0.2, 0.25) is 0 Å². The van der Waals surface area contributed by atoms with E-state index in [4.69, 9.17) is 9.47 Å². The maximum atomic E-state index is 13.2. The molecular weight excluding hydrogens is 448 g/mol. The first-order valence-corrected chi connectivity index (χ1v) is 12.1. The van der Waals surface area contributed by atoms with Crippen LogP contribution < -0.4 is 26.0 Å². The van der Waals surface area contributed by atoms with Crippen LogP contribution in [0.15, 0.2) is 46.0 Å². The molecule has 0 aliphatic carbocycles. The van der Waals surface area contributed by atoms with Crippen LogP contribution >= 0.6 is 0 Å². The van der Waals surface area contributed by atoms with E-state index in [2.05, 4.69) is 29.0 Å². The number of hydrogen-bond donors (Lipinski definition) is 2. The Bertz CT molecular complexity index is 1260. The van der Waals surface area contributed by atoms with Crippen LogP contribution in [0.5, 0.6) is 11.5 Å². The molecule has 3 aromatic rings. The van der Waals surface area contributed by atoms with Gasteiger partial charge < -0.3 is 24.7 Å². The molecule has 0 bridgehead atoms. The average Bonchev–Trinajstić information content (AvgIpc) is 2.86. The Morgan fingerprint density at radius 3 is 2.20 bits per heavy atom. The Morgan fingerprint density at radius 2 is 1.60 bits per heavy atom. The van der Waals surface area contributed by atoms with Gasteiger partial charge in [0.15, 0.2) is 11.5 Å². The minimum Gasteiger partial charge on any atom is -0.490 e. The number of likely N-dealkylation sites (N-methyl/N-ethyl adjacent to an activating group) is 1. The van der Waals surface area contributed by atoms with Gasteiger partial charge in [0.25, 0.3) is 11.5 Å². The zero-order valence-electron chi connectivity index (χ0n) is 20.8. The molecule has 0 unspecified atom stereocenters. The maximum Gasteiger partial charge on any atom is 0.329 e. The third-order valence-corrected chi connectivity index (χ3v) is 5.81. The molecule has 0 atom stereocenters. The summed E-state index contributed by atoms with van der Waals surface area (Å²) < 4.78 is 12.4. The van der Waals surface area contributed by atoms with Gasteiger partial charge in [0, 0.05) is 24.7 Å². The highest BCUT2D eigenvalue weighted by Crippen LogP contribution is 2.30. The van der Waals surface area contributed by atoms with E-state index in [1.54, 1.807) is 36.4 Å². The van der Waals surface area contributed by atoms with E-state index in [-0.39, 0.29) is 12.5 Å². The highest BCUT2D eigenvalue weighted by Gasteiger charge is 2.14. The van der Waals surface area contributed by atoms with Crippen LogP contribution in [-0.2, 0) is 6.54 Å². The summed E-state index contributed by atoms with van der Waals surface area (Å²) in [6.07, 6.45) is 0. The average molecular weight is 483 g/mol. The molecule has 9 nitrogen and oxygen atoms in total. The van der Waals surface area contributed by atoms with Crippen molar-refractivity contribution < 1.29 is 14.3 Å². The standard InChI is InChI=1S/C26H34N4O5/c1-5-29(6-2)14-13-27-24(31)19-11-9-18(10-12-19)17-30-25(32)20-15-22(34-7-3)23(35-8-4)16-21(20)28-26(30)33/h9-12,15-16H,5-8,13-14,17H2,1-4H3,(H,27,31)(H,28,33). The lowest BCUT2D eigenvalue weighted by atomic mass is 10.1. The van der Waals surface area contributed by atoms with Crippen molar-refractivity contribution in [3.63, 3.8) is 0 Å². The first kappa shape index (κ1) is 26.0. The second-order valence-corrected chi connectivity index (χ2v) is 8.01. The Kier molecular flexibility index (Phi) is 9.08. The van der Waals surface area contributed by atoms with Crippen molar-refractivity contribution in [1.29, 1.82) is 0 Å². The number of amides is 1. The second kappa shape index (κ2) is 12.2. The number of nitrogens with one attached hydrogen (secondary N) is 2. The number of aromatic amines is 1. The fraction of sp³-hybridized carbons (Fsp3) is 0.423. The molecule has 0 fully saturated rings. The highest BCUT2D eigenvalue weighted by molar-refractivity contribution is 5.94. The number of carbonyl (C=O) groups is 1. The number of rotatable bonds is 12. The lowest BCUT2D eigenvalue weighted by Gasteiger charge is -2.18. The second-order valence-electron chi connectivity index (χ2n) is 8.01. The lowest BCUT2D eigenvalue weighted by molar-refractivity contribution is 0.0949. The smallest absolute Gasteiger partial charge is 0.329 e. The van der Waals surface area contributed by atoms with E-state index in [0.717, 1.165) is 29.8 Å². The summed E-state index contributed by atoms with van der Waals surface area (Å²) in [6, 6.07) is 10.1. The summed E-state index contributed by atoms with van der Waals surface area (Å²) in [5, 5.41) is 3.26. The summed E-state index contributed by atoms with van der Waals surface area (Å²) in [4.78, 5) is 43.3. The number of ether oxygens (including phenoxy) is 2. The summed E-state index contributed by atoms with van der Waals surface area (Å²) >= 11 is 0. The van der Waals surface area contributed by atoms with Crippen molar-refractivity contribution in [2.45, 2.75) is 34.2 Å². The monoisotopic (exact) mass is 482 g/mol. The summed E-state index contributed by atoms with van der Waals surface area (Å²) in [6.45, 7) is 12.0. The largest absolute Gasteiger partial charge is 0.490 e. The topological polar surface area (TPSA) is 106 Å². The quantitative estimate of drug-likeness (QED) is 0.411. The van der Waals surface area contributed by atoms with Crippen LogP contribution in [0.4, 0.5) is 0 Å². The van der Waals surface area contributed by atoms with Crippen LogP contribution in [-0.4, -0.2) is 59.8 Å². The van der Waals surface area contributed by atoms with Gasteiger partial charge in [-0.05, 0) is 50.7 Å². The van der Waals surface area contributed by atoms with Crippen molar-refractivity contribution in [1.82, 2.24) is 19.8 Å². The van der Waals surface area contributed by atoms with E-state index in [9.17, 15) is 14.4 Å². The van der Waals surface area contributed by atoms with Gasteiger partial charge in [-0.2, -0.15) is 0 Å². The zero-order chi connectivity index (χ0) is 25.4. The van der Waals surface area contributed by atoms with Gasteiger partial charge in [-0.3, -0.25) is 14.2 Å². The molecule has 188 valence electrons. The van der Waals surface area contributed by atoms with Crippen molar-refractivity contribution in [3.8, 4) is 11.5 Å². The number of aromatic nitrogens is 2. The molecule has 1 heterocycles. The lowest BCUT2D eigenvalue weighted by Crippen LogP contribution is -2.35. The van der Waals surface area contributed by atoms with Crippen LogP contribution in [0.3, 0.4) is 0 Å². The van der Waals surface area contributed by atoms with E-state index >= 15 is 0 Å². The van der Waals surface area contributed by atoms with Gasteiger partial charge in [0.2, 0.25) is 0 Å². The van der Waals surface area contributed by atoms with E-state index in [1.165, 1.54) is 0 Å². The molecule has 2 N–H and O–H groups in total. The Balaban J connectivity index is 1.80. The van der Waals surface area contributed by atoms with Crippen molar-refractivity contribution >= 4 is 16.8 Å². The van der Waals surface area contributed by atoms with Gasteiger partial charge in [0.05, 0.1) is 30.7 Å². The number of nitrogens with zero attached hydrogens (tertiary/aromatic N) is 2. The van der Waals surface area contributed by atoms with Crippen LogP contribution in [0, 0.1) is 0 Å². The molecule has 0 saturated carbocycles. The number of hydrogen-bond acceptors (Lipinski definition) is 6. The Labute approximate surface area is 204 Å². The number of fused-ring (bicyclic) bond motifs is 1. The highest BCUT2D eigenvalue weighted by atomic mass is 16.5. The van der Waals surface area contributed by atoms with Gasteiger partial charge >= 0.3 is 5.69 Å². The SMILES string of the molecule is CCOc1cc2[nH]c(=O)n(Cc3ccc(C(=O)NCCN(CC)CC)cc3)c(=O)c2cc1OCC. The van der Waals surface area contributed by atoms with Gasteiger partial charge in [-0.25, -0.2) is 4.79 Å². The van der Waals surface area contributed by atoms with Gasteiger partial charge in [-0.1, -0.05) is 26.0 Å². The Morgan fingerprint density at radius 1 is 0.971 bits per heavy atom. The van der Waals surface area contributed by atoms with E-state index in [0.29, 0.717) is 47.7 Å². The molecule has 0 aliphatic heterocycles. The number of benzene rings is 2. The molecule has 9 heteroatoms. The maximum absolute atomic E-state index is 13.2. The molecule has 0 aliphatic rings. The molecule has 35 heavy (non-hydrogen) atoms. The predicted octanol–water partition coefficient (Wildman–Crippen LogP) is 2.61. The van der Waals surface area contributed by atoms with E-state index < -0.39 is 11.2 Å². The predicted molar refractivity (Wildman–Crippen MR) is 137 cm³/mol. The summed E-state index contributed by atoms with van der Waals surface area (Å²) in [7, 11) is 0. The van der Waals surface area contributed by atoms with Crippen LogP contribution in [0.1, 0.15) is 43.6 Å². The van der Waals surface area contributed by atoms with Crippen molar-refractivity contribution in [3.05, 3.63) is 68.4 Å². The molecule has 3 rings (SSSR count). The van der Waals surface area contributed by atoms with Crippen molar-refractivity contribution in [2.24, 2.45) is 0 Å². The molecule has 0 saturated heterocycles. The number of H-pyrrole nitrogens is 1. The van der Waals surface area contributed by atoms with Crippen molar-refractivity contribution in [2.75, 3.05) is 39.4 Å². The molecular formula is C26H34N4O5. The first-order chi connectivity index (χ1) is 16.9. The number of carbonyl (C=O) groups excluding carboxylic acids is 1. The van der Waals surface area contributed by atoms with E-state index in [1.807, 2.05) is 13.8 Å². The fourth-order valence-corrected chi connectivity index (χ4v) is 3.85. The van der Waals surface area contributed by atoms with Gasteiger partial charge in [0.1, 0.15) is 0 Å². The summed E-state index contributed by atoms with van der Waals surface area (Å²) in [5.41, 5.74) is 0.698. The normalized spacial score (nSPS) is 11.1.